The zero-order valence-corrected chi connectivity index (χ0v) is 13.0. The quantitative estimate of drug-likeness (QED) is 0.788. The van der Waals surface area contributed by atoms with Crippen molar-refractivity contribution < 1.29 is 19.5 Å². The maximum absolute atomic E-state index is 11.7. The van der Waals surface area contributed by atoms with E-state index in [1.165, 1.54) is 0 Å². The van der Waals surface area contributed by atoms with Gasteiger partial charge in [-0.15, -0.1) is 0 Å². The summed E-state index contributed by atoms with van der Waals surface area (Å²) in [5.41, 5.74) is 1.14. The Morgan fingerprint density at radius 3 is 2.57 bits per heavy atom. The Bertz CT molecular complexity index is 473. The van der Waals surface area contributed by atoms with E-state index in [9.17, 15) is 9.90 Å². The second kappa shape index (κ2) is 6.91. The number of quaternary nitrogens is 1. The first kappa shape index (κ1) is 15.8. The molecule has 0 saturated carbocycles. The summed E-state index contributed by atoms with van der Waals surface area (Å²) >= 11 is 0. The molecule has 1 unspecified atom stereocenters. The first-order valence-electron chi connectivity index (χ1n) is 7.37. The Kier molecular flexibility index (Phi) is 5.20. The van der Waals surface area contributed by atoms with Gasteiger partial charge in [0.25, 0.3) is 5.91 Å². The van der Waals surface area contributed by atoms with Crippen LogP contribution in [0.15, 0.2) is 24.3 Å². The van der Waals surface area contributed by atoms with Crippen LogP contribution in [0.25, 0.3) is 0 Å². The number of hydrogen-bond acceptors (Lipinski definition) is 3. The molecular formula is C16H25N2O3+. The number of nitrogens with one attached hydrogen (secondary N) is 1. The molecule has 1 aliphatic rings. The highest BCUT2D eigenvalue weighted by Gasteiger charge is 2.32. The molecule has 21 heavy (non-hydrogen) atoms. The first-order valence-corrected chi connectivity index (χ1v) is 7.37. The highest BCUT2D eigenvalue weighted by atomic mass is 16.5. The van der Waals surface area contributed by atoms with Crippen LogP contribution in [0, 0.1) is 0 Å². The van der Waals surface area contributed by atoms with Gasteiger partial charge in [0.2, 0.25) is 0 Å². The van der Waals surface area contributed by atoms with Gasteiger partial charge in [0.15, 0.2) is 6.54 Å². The average molecular weight is 293 g/mol. The van der Waals surface area contributed by atoms with E-state index in [2.05, 4.69) is 0 Å². The van der Waals surface area contributed by atoms with Crippen molar-refractivity contribution >= 4 is 5.91 Å². The Morgan fingerprint density at radius 2 is 2.05 bits per heavy atom. The fourth-order valence-electron chi connectivity index (χ4n) is 2.86. The topological polar surface area (TPSA) is 54.2 Å². The zero-order valence-electron chi connectivity index (χ0n) is 13.0. The van der Waals surface area contributed by atoms with E-state index in [0.29, 0.717) is 13.1 Å². The molecule has 0 spiro atoms. The summed E-state index contributed by atoms with van der Waals surface area (Å²) in [6.07, 6.45) is 0.487. The van der Waals surface area contributed by atoms with Crippen LogP contribution in [-0.4, -0.2) is 62.9 Å². The van der Waals surface area contributed by atoms with Crippen LogP contribution < -0.4 is 9.64 Å². The molecule has 5 heteroatoms. The van der Waals surface area contributed by atoms with Crippen LogP contribution in [0.4, 0.5) is 0 Å². The SMILES string of the molecule is COc1ccc([C@@H]2CC[NH+](CC(=O)N(C)C)C[C@H]2O)cc1. The number of aliphatic hydroxyl groups is 1. The van der Waals surface area contributed by atoms with Gasteiger partial charge in [0.05, 0.1) is 13.7 Å². The number of likely N-dealkylation sites (N-methyl/N-ethyl adjacent to an activating group) is 1. The number of nitrogens with zero attached hydrogens (tertiary/aromatic N) is 1. The minimum atomic E-state index is -0.405. The Balaban J connectivity index is 1.95. The van der Waals surface area contributed by atoms with E-state index in [0.717, 1.165) is 29.2 Å². The lowest BCUT2D eigenvalue weighted by Gasteiger charge is -2.33. The smallest absolute Gasteiger partial charge is 0.277 e. The molecule has 1 saturated heterocycles. The highest BCUT2D eigenvalue weighted by Crippen LogP contribution is 2.26. The molecule has 1 aliphatic heterocycles. The standard InChI is InChI=1S/C16H24N2O3/c1-17(2)16(20)11-18-9-8-14(15(19)10-18)12-4-6-13(21-3)7-5-12/h4-7,14-15,19H,8-11H2,1-3H3/p+1/t14-,15+/m0/s1. The molecule has 1 aromatic carbocycles. The Hall–Kier alpha value is -1.59. The lowest BCUT2D eigenvalue weighted by molar-refractivity contribution is -0.901. The van der Waals surface area contributed by atoms with Crippen LogP contribution in [0.1, 0.15) is 17.9 Å². The number of carbonyl (C=O) groups is 1. The fourth-order valence-corrected chi connectivity index (χ4v) is 2.86. The zero-order chi connectivity index (χ0) is 15.4. The molecule has 1 aromatic rings. The second-order valence-electron chi connectivity index (χ2n) is 5.90. The van der Waals surface area contributed by atoms with Crippen molar-refractivity contribution in [3.63, 3.8) is 0 Å². The summed E-state index contributed by atoms with van der Waals surface area (Å²) in [4.78, 5) is 14.5. The first-order chi connectivity index (χ1) is 10.0. The van der Waals surface area contributed by atoms with Crippen LogP contribution >= 0.6 is 0 Å². The third kappa shape index (κ3) is 3.95. The summed E-state index contributed by atoms with van der Waals surface area (Å²) in [6.45, 7) is 1.99. The largest absolute Gasteiger partial charge is 0.497 e. The van der Waals surface area contributed by atoms with Crippen LogP contribution in [-0.2, 0) is 4.79 Å². The van der Waals surface area contributed by atoms with E-state index in [1.54, 1.807) is 26.1 Å². The van der Waals surface area contributed by atoms with Gasteiger partial charge in [-0.3, -0.25) is 4.79 Å². The number of amides is 1. The van der Waals surface area contributed by atoms with Gasteiger partial charge in [-0.2, -0.15) is 0 Å². The van der Waals surface area contributed by atoms with Crippen molar-refractivity contribution in [2.24, 2.45) is 0 Å². The number of ether oxygens (including phenoxy) is 1. The Morgan fingerprint density at radius 1 is 1.38 bits per heavy atom. The Labute approximate surface area is 126 Å². The van der Waals surface area contributed by atoms with Crippen LogP contribution in [0.3, 0.4) is 0 Å². The van der Waals surface area contributed by atoms with Gasteiger partial charge in [-0.05, 0) is 17.7 Å². The molecular weight excluding hydrogens is 268 g/mol. The average Bonchev–Trinajstić information content (AvgIpc) is 2.47. The number of hydrogen-bond donors (Lipinski definition) is 2. The number of rotatable bonds is 4. The molecule has 2 N–H and O–H groups in total. The second-order valence-corrected chi connectivity index (χ2v) is 5.90. The van der Waals surface area contributed by atoms with Crippen molar-refractivity contribution in [2.45, 2.75) is 18.4 Å². The van der Waals surface area contributed by atoms with Crippen LogP contribution in [0.5, 0.6) is 5.75 Å². The van der Waals surface area contributed by atoms with Crippen molar-refractivity contribution in [3.05, 3.63) is 29.8 Å². The molecule has 0 bridgehead atoms. The molecule has 0 aromatic heterocycles. The normalized spacial score (nSPS) is 25.4. The van der Waals surface area contributed by atoms with Crippen molar-refractivity contribution in [1.29, 1.82) is 0 Å². The van der Waals surface area contributed by atoms with E-state index in [1.807, 2.05) is 24.3 Å². The summed E-state index contributed by atoms with van der Waals surface area (Å²) in [6, 6.07) is 7.89. The molecule has 1 fully saturated rings. The van der Waals surface area contributed by atoms with Gasteiger partial charge in [-0.25, -0.2) is 0 Å². The number of carbonyl (C=O) groups excluding carboxylic acids is 1. The maximum Gasteiger partial charge on any atom is 0.277 e. The summed E-state index contributed by atoms with van der Waals surface area (Å²) < 4.78 is 5.16. The van der Waals surface area contributed by atoms with Crippen molar-refractivity contribution in [2.75, 3.05) is 40.8 Å². The molecule has 5 nitrogen and oxygen atoms in total. The van der Waals surface area contributed by atoms with E-state index < -0.39 is 6.10 Å². The molecule has 2 rings (SSSR count). The van der Waals surface area contributed by atoms with E-state index in [4.69, 9.17) is 4.74 Å². The van der Waals surface area contributed by atoms with E-state index in [-0.39, 0.29) is 11.8 Å². The molecule has 1 amide bonds. The fraction of sp³-hybridized carbons (Fsp3) is 0.562. The maximum atomic E-state index is 11.7. The van der Waals surface area contributed by atoms with Gasteiger partial charge in [-0.1, -0.05) is 12.1 Å². The monoisotopic (exact) mass is 293 g/mol. The van der Waals surface area contributed by atoms with Crippen molar-refractivity contribution in [1.82, 2.24) is 4.90 Å². The number of aliphatic hydroxyl groups excluding tert-OH is 1. The van der Waals surface area contributed by atoms with Gasteiger partial charge in [0.1, 0.15) is 18.4 Å². The summed E-state index contributed by atoms with van der Waals surface area (Å²) in [7, 11) is 5.18. The third-order valence-electron chi connectivity index (χ3n) is 4.22. The lowest BCUT2D eigenvalue weighted by atomic mass is 9.87. The number of likely N-dealkylation sites (tertiary alicyclic amines) is 1. The number of benzene rings is 1. The molecule has 1 heterocycles. The third-order valence-corrected chi connectivity index (χ3v) is 4.22. The van der Waals surface area contributed by atoms with Gasteiger partial charge >= 0.3 is 0 Å². The molecule has 116 valence electrons. The summed E-state index contributed by atoms with van der Waals surface area (Å²) in [5, 5.41) is 10.4. The van der Waals surface area contributed by atoms with Gasteiger partial charge < -0.3 is 19.6 Å². The lowest BCUT2D eigenvalue weighted by Crippen LogP contribution is -3.15. The van der Waals surface area contributed by atoms with E-state index >= 15 is 0 Å². The highest BCUT2D eigenvalue weighted by molar-refractivity contribution is 5.76. The predicted octanol–water partition coefficient (Wildman–Crippen LogP) is -0.483. The van der Waals surface area contributed by atoms with Crippen LogP contribution in [0.2, 0.25) is 0 Å². The van der Waals surface area contributed by atoms with Gasteiger partial charge in [0, 0.05) is 26.4 Å². The molecule has 0 radical (unpaired) electrons. The number of methoxy groups -OCH3 is 1. The number of piperidine rings is 1. The summed E-state index contributed by atoms with van der Waals surface area (Å²) in [5.74, 6) is 1.09. The molecule has 3 atom stereocenters. The minimum absolute atomic E-state index is 0.111. The predicted molar refractivity (Wildman–Crippen MR) is 80.6 cm³/mol. The minimum Gasteiger partial charge on any atom is -0.497 e. The van der Waals surface area contributed by atoms with Crippen molar-refractivity contribution in [3.8, 4) is 5.75 Å². The molecule has 0 aliphatic carbocycles.